The number of benzene rings is 9. The van der Waals surface area contributed by atoms with Crippen molar-refractivity contribution in [3.63, 3.8) is 0 Å². The smallest absolute Gasteiger partial charge is 0.137 e. The Labute approximate surface area is 349 Å². The molecule has 13 rings (SSSR count). The summed E-state index contributed by atoms with van der Waals surface area (Å²) in [6.45, 7) is 4.70. The molecule has 0 bridgehead atoms. The molecule has 0 saturated heterocycles. The highest BCUT2D eigenvalue weighted by atomic mass is 16.3. The third-order valence-corrected chi connectivity index (χ3v) is 13.9. The fourth-order valence-electron chi connectivity index (χ4n) is 11.4. The molecule has 1 spiro atoms. The SMILES string of the molecule is CC1(C)c2ccccc2-c2ccc(N(c3ccccc3)c3ccc4c(c3)oc3cc5c(c(-c6ccccc6)c34)-c3ccccc3C53c4ccccc4-c4ccccc43)cc21. The van der Waals surface area contributed by atoms with Crippen LogP contribution >= 0.6 is 0 Å². The molecule has 0 aliphatic heterocycles. The molecule has 10 aromatic rings. The van der Waals surface area contributed by atoms with Gasteiger partial charge in [-0.2, -0.15) is 0 Å². The minimum atomic E-state index is -0.480. The van der Waals surface area contributed by atoms with Gasteiger partial charge >= 0.3 is 0 Å². The van der Waals surface area contributed by atoms with Gasteiger partial charge in [-0.25, -0.2) is 0 Å². The van der Waals surface area contributed by atoms with E-state index in [9.17, 15) is 0 Å². The van der Waals surface area contributed by atoms with E-state index in [1.54, 1.807) is 0 Å². The highest BCUT2D eigenvalue weighted by molar-refractivity contribution is 6.19. The van der Waals surface area contributed by atoms with E-state index in [2.05, 4.69) is 219 Å². The van der Waals surface area contributed by atoms with Crippen molar-refractivity contribution in [3.05, 3.63) is 234 Å². The zero-order chi connectivity index (χ0) is 39.7. The van der Waals surface area contributed by atoms with E-state index in [-0.39, 0.29) is 5.41 Å². The first-order valence-electron chi connectivity index (χ1n) is 21.0. The van der Waals surface area contributed by atoms with E-state index in [1.165, 1.54) is 77.9 Å². The molecule has 1 heterocycles. The van der Waals surface area contributed by atoms with Crippen LogP contribution in [0.2, 0.25) is 0 Å². The maximum absolute atomic E-state index is 7.20. The van der Waals surface area contributed by atoms with Crippen LogP contribution in [-0.2, 0) is 10.8 Å². The molecule has 0 unspecified atom stereocenters. The Hall–Kier alpha value is -7.42. The third kappa shape index (κ3) is 4.27. The molecule has 0 atom stereocenters. The van der Waals surface area contributed by atoms with E-state index in [0.717, 1.165) is 39.0 Å². The van der Waals surface area contributed by atoms with Crippen molar-refractivity contribution in [2.24, 2.45) is 0 Å². The Kier molecular flexibility index (Phi) is 6.74. The fraction of sp³-hybridized carbons (Fsp3) is 0.0690. The van der Waals surface area contributed by atoms with Crippen molar-refractivity contribution in [1.29, 1.82) is 0 Å². The number of para-hydroxylation sites is 1. The van der Waals surface area contributed by atoms with Crippen molar-refractivity contribution in [2.45, 2.75) is 24.7 Å². The van der Waals surface area contributed by atoms with E-state index in [0.29, 0.717) is 0 Å². The second-order valence-electron chi connectivity index (χ2n) is 17.2. The quantitative estimate of drug-likeness (QED) is 0.177. The molecule has 3 aliphatic carbocycles. The molecule has 1 aromatic heterocycles. The predicted molar refractivity (Wildman–Crippen MR) is 248 cm³/mol. The van der Waals surface area contributed by atoms with Gasteiger partial charge in [0.05, 0.1) is 5.41 Å². The van der Waals surface area contributed by atoms with Gasteiger partial charge in [0.1, 0.15) is 11.2 Å². The summed E-state index contributed by atoms with van der Waals surface area (Å²) in [5.74, 6) is 0. The average molecular weight is 766 g/mol. The van der Waals surface area contributed by atoms with Crippen LogP contribution in [-0.4, -0.2) is 0 Å². The number of rotatable bonds is 4. The predicted octanol–water partition coefficient (Wildman–Crippen LogP) is 15.4. The lowest BCUT2D eigenvalue weighted by atomic mass is 9.70. The molecule has 0 fully saturated rings. The minimum absolute atomic E-state index is 0.114. The summed E-state index contributed by atoms with van der Waals surface area (Å²) in [5, 5.41) is 2.26. The number of anilines is 3. The summed E-state index contributed by atoms with van der Waals surface area (Å²) in [6.07, 6.45) is 0. The molecule has 9 aromatic carbocycles. The minimum Gasteiger partial charge on any atom is -0.456 e. The second-order valence-corrected chi connectivity index (χ2v) is 17.2. The van der Waals surface area contributed by atoms with Gasteiger partial charge in [-0.3, -0.25) is 0 Å². The number of fused-ring (bicyclic) bond motifs is 16. The first-order valence-corrected chi connectivity index (χ1v) is 21.0. The summed E-state index contributed by atoms with van der Waals surface area (Å²) >= 11 is 0. The Morgan fingerprint density at radius 3 is 1.57 bits per heavy atom. The number of hydrogen-bond acceptors (Lipinski definition) is 2. The summed E-state index contributed by atoms with van der Waals surface area (Å²) in [6, 6.07) is 73.8. The summed E-state index contributed by atoms with van der Waals surface area (Å²) in [5.41, 5.74) is 22.6. The highest BCUT2D eigenvalue weighted by Gasteiger charge is 2.52. The third-order valence-electron chi connectivity index (χ3n) is 13.9. The lowest BCUT2D eigenvalue weighted by molar-refractivity contribution is 0.660. The molecule has 282 valence electrons. The molecule has 0 N–H and O–H groups in total. The van der Waals surface area contributed by atoms with Crippen LogP contribution in [0, 0.1) is 0 Å². The first-order chi connectivity index (χ1) is 29.5. The highest BCUT2D eigenvalue weighted by Crippen LogP contribution is 2.65. The number of furan rings is 1. The van der Waals surface area contributed by atoms with Gasteiger partial charge in [0.2, 0.25) is 0 Å². The monoisotopic (exact) mass is 765 g/mol. The van der Waals surface area contributed by atoms with Crippen molar-refractivity contribution >= 4 is 39.0 Å². The van der Waals surface area contributed by atoms with Crippen LogP contribution < -0.4 is 4.90 Å². The second kappa shape index (κ2) is 12.1. The molecule has 0 saturated carbocycles. The molecule has 3 aliphatic rings. The van der Waals surface area contributed by atoms with Gasteiger partial charge < -0.3 is 9.32 Å². The fourth-order valence-corrected chi connectivity index (χ4v) is 11.4. The molecule has 0 amide bonds. The largest absolute Gasteiger partial charge is 0.456 e. The summed E-state index contributed by atoms with van der Waals surface area (Å²) in [4.78, 5) is 2.38. The van der Waals surface area contributed by atoms with Crippen molar-refractivity contribution in [1.82, 2.24) is 0 Å². The zero-order valence-corrected chi connectivity index (χ0v) is 33.4. The first kappa shape index (κ1) is 33.5. The average Bonchev–Trinajstić information content (AvgIpc) is 3.98. The van der Waals surface area contributed by atoms with E-state index < -0.39 is 5.41 Å². The molecule has 60 heavy (non-hydrogen) atoms. The van der Waals surface area contributed by atoms with E-state index >= 15 is 0 Å². The van der Waals surface area contributed by atoms with Gasteiger partial charge in [-0.1, -0.05) is 166 Å². The van der Waals surface area contributed by atoms with Crippen molar-refractivity contribution < 1.29 is 4.42 Å². The van der Waals surface area contributed by atoms with Crippen LogP contribution in [0.5, 0.6) is 0 Å². The van der Waals surface area contributed by atoms with Crippen LogP contribution in [0.25, 0.3) is 66.4 Å². The van der Waals surface area contributed by atoms with Crippen LogP contribution in [0.4, 0.5) is 17.1 Å². The topological polar surface area (TPSA) is 16.4 Å². The lowest BCUT2D eigenvalue weighted by Gasteiger charge is -2.30. The van der Waals surface area contributed by atoms with Gasteiger partial charge in [0, 0.05) is 44.9 Å². The maximum Gasteiger partial charge on any atom is 0.137 e. The van der Waals surface area contributed by atoms with Crippen LogP contribution in [0.3, 0.4) is 0 Å². The van der Waals surface area contributed by atoms with Gasteiger partial charge in [-0.05, 0) is 115 Å². The van der Waals surface area contributed by atoms with Crippen LogP contribution in [0.15, 0.2) is 205 Å². The standard InChI is InChI=1S/C58H39NO/c1-57(2)46-25-13-9-21-40(46)43-31-29-38(33-50(43)57)59(37-19-7-4-8-20-37)39-30-32-45-52(34-39)60-53-35-51-55(54(56(45)53)36-17-5-3-6-18-36)44-24-12-16-28-49(44)58(51)47-26-14-10-22-41(47)42-23-11-15-27-48(42)58/h3-35H,1-2H3. The van der Waals surface area contributed by atoms with Gasteiger partial charge in [0.15, 0.2) is 0 Å². The Morgan fingerprint density at radius 1 is 0.367 bits per heavy atom. The zero-order valence-electron chi connectivity index (χ0n) is 33.4. The number of nitrogens with zero attached hydrogens (tertiary/aromatic N) is 1. The maximum atomic E-state index is 7.20. The normalized spacial score (nSPS) is 14.4. The van der Waals surface area contributed by atoms with Gasteiger partial charge in [-0.15, -0.1) is 0 Å². The summed E-state index contributed by atoms with van der Waals surface area (Å²) < 4.78 is 7.20. The summed E-state index contributed by atoms with van der Waals surface area (Å²) in [7, 11) is 0. The Balaban J connectivity index is 1.08. The van der Waals surface area contributed by atoms with Gasteiger partial charge in [0.25, 0.3) is 0 Å². The Morgan fingerprint density at radius 2 is 0.883 bits per heavy atom. The van der Waals surface area contributed by atoms with Crippen molar-refractivity contribution in [3.8, 4) is 44.5 Å². The molecular weight excluding hydrogens is 727 g/mol. The van der Waals surface area contributed by atoms with E-state index in [4.69, 9.17) is 4.42 Å². The Bertz CT molecular complexity index is 3360. The molecular formula is C58H39NO. The lowest BCUT2D eigenvalue weighted by Crippen LogP contribution is -2.25. The van der Waals surface area contributed by atoms with Crippen molar-refractivity contribution in [2.75, 3.05) is 4.90 Å². The van der Waals surface area contributed by atoms with E-state index in [1.807, 2.05) is 0 Å². The number of hydrogen-bond donors (Lipinski definition) is 0. The molecule has 0 radical (unpaired) electrons. The molecule has 2 heteroatoms. The molecule has 2 nitrogen and oxygen atoms in total. The van der Waals surface area contributed by atoms with Crippen LogP contribution in [0.1, 0.15) is 47.2 Å².